The Morgan fingerprint density at radius 3 is 2.44 bits per heavy atom. The predicted molar refractivity (Wildman–Crippen MR) is 77.9 cm³/mol. The van der Waals surface area contributed by atoms with Crippen LogP contribution in [0.2, 0.25) is 8.67 Å². The van der Waals surface area contributed by atoms with Crippen LogP contribution < -0.4 is 0 Å². The summed E-state index contributed by atoms with van der Waals surface area (Å²) in [6.07, 6.45) is 4.61. The third-order valence-corrected chi connectivity index (χ3v) is 4.88. The SMILES string of the molecule is CC(C)N(C(=O)c1cc(Cl)sc1Cl)C1CCCC1. The molecular formula is C13H17Cl2NOS. The standard InChI is InChI=1S/C13H17Cl2NOS/c1-8(2)16(9-5-3-4-6-9)13(17)10-7-11(14)18-12(10)15/h7-9H,3-6H2,1-2H3. The molecule has 1 fully saturated rings. The zero-order valence-electron chi connectivity index (χ0n) is 10.6. The highest BCUT2D eigenvalue weighted by atomic mass is 35.5. The highest BCUT2D eigenvalue weighted by molar-refractivity contribution is 7.20. The summed E-state index contributed by atoms with van der Waals surface area (Å²) in [6, 6.07) is 2.23. The molecule has 0 aliphatic heterocycles. The third kappa shape index (κ3) is 2.84. The van der Waals surface area contributed by atoms with E-state index in [0.717, 1.165) is 12.8 Å². The maximum absolute atomic E-state index is 12.6. The molecule has 1 aliphatic carbocycles. The maximum Gasteiger partial charge on any atom is 0.256 e. The van der Waals surface area contributed by atoms with E-state index in [1.165, 1.54) is 24.2 Å². The fourth-order valence-electron chi connectivity index (χ4n) is 2.63. The molecule has 0 aromatic carbocycles. The monoisotopic (exact) mass is 305 g/mol. The Bertz CT molecular complexity index is 438. The molecule has 0 N–H and O–H groups in total. The maximum atomic E-state index is 12.6. The number of thiophene rings is 1. The van der Waals surface area contributed by atoms with Gasteiger partial charge in [-0.25, -0.2) is 0 Å². The Kier molecular flexibility index (Phi) is 4.57. The molecule has 0 spiro atoms. The van der Waals surface area contributed by atoms with Crippen LogP contribution in [0.25, 0.3) is 0 Å². The van der Waals surface area contributed by atoms with Crippen molar-refractivity contribution in [3.63, 3.8) is 0 Å². The van der Waals surface area contributed by atoms with Gasteiger partial charge in [0.1, 0.15) is 4.34 Å². The topological polar surface area (TPSA) is 20.3 Å². The molecule has 18 heavy (non-hydrogen) atoms. The van der Waals surface area contributed by atoms with E-state index in [9.17, 15) is 4.79 Å². The van der Waals surface area contributed by atoms with Crippen molar-refractivity contribution < 1.29 is 4.79 Å². The molecule has 0 unspecified atom stereocenters. The van der Waals surface area contributed by atoms with E-state index in [2.05, 4.69) is 13.8 Å². The molecule has 1 aromatic rings. The zero-order valence-corrected chi connectivity index (χ0v) is 12.9. The third-order valence-electron chi connectivity index (χ3n) is 3.40. The molecule has 0 bridgehead atoms. The molecule has 1 aliphatic rings. The molecule has 1 amide bonds. The van der Waals surface area contributed by atoms with Gasteiger partial charge in [0.05, 0.1) is 9.90 Å². The van der Waals surface area contributed by atoms with E-state index >= 15 is 0 Å². The van der Waals surface area contributed by atoms with Crippen molar-refractivity contribution >= 4 is 40.4 Å². The Labute approximate surface area is 122 Å². The van der Waals surface area contributed by atoms with Gasteiger partial charge >= 0.3 is 0 Å². The van der Waals surface area contributed by atoms with Gasteiger partial charge < -0.3 is 4.90 Å². The van der Waals surface area contributed by atoms with Crippen LogP contribution in [0.5, 0.6) is 0 Å². The Hall–Kier alpha value is -0.250. The quantitative estimate of drug-likeness (QED) is 0.782. The summed E-state index contributed by atoms with van der Waals surface area (Å²) in [7, 11) is 0. The van der Waals surface area contributed by atoms with Crippen LogP contribution in [-0.2, 0) is 0 Å². The van der Waals surface area contributed by atoms with Gasteiger partial charge in [-0.3, -0.25) is 4.79 Å². The number of amides is 1. The van der Waals surface area contributed by atoms with E-state index in [1.807, 2.05) is 4.90 Å². The first kappa shape index (κ1) is 14.2. The van der Waals surface area contributed by atoms with Crippen LogP contribution in [-0.4, -0.2) is 22.9 Å². The summed E-state index contributed by atoms with van der Waals surface area (Å²) >= 11 is 13.3. The molecule has 2 nitrogen and oxygen atoms in total. The molecule has 0 atom stereocenters. The van der Waals surface area contributed by atoms with Crippen LogP contribution in [0.15, 0.2) is 6.07 Å². The van der Waals surface area contributed by atoms with Crippen molar-refractivity contribution in [1.29, 1.82) is 0 Å². The highest BCUT2D eigenvalue weighted by Gasteiger charge is 2.31. The van der Waals surface area contributed by atoms with Crippen LogP contribution in [0.3, 0.4) is 0 Å². The lowest BCUT2D eigenvalue weighted by molar-refractivity contribution is 0.0614. The Morgan fingerprint density at radius 2 is 2.00 bits per heavy atom. The van der Waals surface area contributed by atoms with Crippen molar-refractivity contribution in [3.8, 4) is 0 Å². The molecule has 2 rings (SSSR count). The molecule has 100 valence electrons. The van der Waals surface area contributed by atoms with E-state index in [1.54, 1.807) is 6.07 Å². The second kappa shape index (κ2) is 5.81. The van der Waals surface area contributed by atoms with Gasteiger partial charge in [-0.05, 0) is 32.8 Å². The smallest absolute Gasteiger partial charge is 0.256 e. The number of hydrogen-bond acceptors (Lipinski definition) is 2. The van der Waals surface area contributed by atoms with Gasteiger partial charge in [-0.1, -0.05) is 36.0 Å². The van der Waals surface area contributed by atoms with Crippen molar-refractivity contribution in [1.82, 2.24) is 4.90 Å². The molecule has 0 radical (unpaired) electrons. The first-order chi connectivity index (χ1) is 8.50. The lowest BCUT2D eigenvalue weighted by atomic mass is 10.1. The van der Waals surface area contributed by atoms with Crippen molar-refractivity contribution in [2.24, 2.45) is 0 Å². The van der Waals surface area contributed by atoms with E-state index < -0.39 is 0 Å². The summed E-state index contributed by atoms with van der Waals surface area (Å²) in [4.78, 5) is 14.6. The summed E-state index contributed by atoms with van der Waals surface area (Å²) in [5.74, 6) is 0.0186. The summed E-state index contributed by atoms with van der Waals surface area (Å²) in [5.41, 5.74) is 0.548. The normalized spacial score (nSPS) is 16.5. The Balaban J connectivity index is 2.25. The van der Waals surface area contributed by atoms with Crippen molar-refractivity contribution in [3.05, 3.63) is 20.3 Å². The predicted octanol–water partition coefficient (Wildman–Crippen LogP) is 4.85. The summed E-state index contributed by atoms with van der Waals surface area (Å²) in [6.45, 7) is 4.11. The van der Waals surface area contributed by atoms with Crippen LogP contribution in [0, 0.1) is 0 Å². The van der Waals surface area contributed by atoms with Crippen molar-refractivity contribution in [2.45, 2.75) is 51.6 Å². The second-order valence-corrected chi connectivity index (χ2v) is 7.27. The van der Waals surface area contributed by atoms with E-state index in [4.69, 9.17) is 23.2 Å². The van der Waals surface area contributed by atoms with E-state index in [0.29, 0.717) is 20.3 Å². The average Bonchev–Trinajstić information content (AvgIpc) is 2.88. The lowest BCUT2D eigenvalue weighted by Crippen LogP contribution is -2.43. The number of carbonyl (C=O) groups is 1. The highest BCUT2D eigenvalue weighted by Crippen LogP contribution is 2.34. The van der Waals surface area contributed by atoms with Gasteiger partial charge in [0.25, 0.3) is 5.91 Å². The van der Waals surface area contributed by atoms with Gasteiger partial charge in [-0.15, -0.1) is 11.3 Å². The second-order valence-electron chi connectivity index (χ2n) is 4.98. The molecular weight excluding hydrogens is 289 g/mol. The molecule has 5 heteroatoms. The van der Waals surface area contributed by atoms with Crippen LogP contribution in [0.1, 0.15) is 49.9 Å². The fraction of sp³-hybridized carbons (Fsp3) is 0.615. The lowest BCUT2D eigenvalue weighted by Gasteiger charge is -2.32. The van der Waals surface area contributed by atoms with E-state index in [-0.39, 0.29) is 11.9 Å². The first-order valence-electron chi connectivity index (χ1n) is 6.28. The minimum absolute atomic E-state index is 0.0186. The molecule has 1 heterocycles. The van der Waals surface area contributed by atoms with Gasteiger partial charge in [0, 0.05) is 12.1 Å². The summed E-state index contributed by atoms with van der Waals surface area (Å²) in [5, 5.41) is 0. The summed E-state index contributed by atoms with van der Waals surface area (Å²) < 4.78 is 1.06. The number of nitrogens with zero attached hydrogens (tertiary/aromatic N) is 1. The van der Waals surface area contributed by atoms with Crippen LogP contribution >= 0.6 is 34.5 Å². The van der Waals surface area contributed by atoms with Gasteiger partial charge in [0.15, 0.2) is 0 Å². The first-order valence-corrected chi connectivity index (χ1v) is 7.85. The number of halogens is 2. The largest absolute Gasteiger partial charge is 0.333 e. The number of hydrogen-bond donors (Lipinski definition) is 0. The molecule has 1 aromatic heterocycles. The number of carbonyl (C=O) groups excluding carboxylic acids is 1. The van der Waals surface area contributed by atoms with Crippen LogP contribution in [0.4, 0.5) is 0 Å². The molecule has 1 saturated carbocycles. The van der Waals surface area contributed by atoms with Gasteiger partial charge in [0.2, 0.25) is 0 Å². The molecule has 0 saturated heterocycles. The minimum Gasteiger partial charge on any atom is -0.333 e. The van der Waals surface area contributed by atoms with Crippen molar-refractivity contribution in [2.75, 3.05) is 0 Å². The zero-order chi connectivity index (χ0) is 13.3. The number of rotatable bonds is 3. The fourth-order valence-corrected chi connectivity index (χ4v) is 4.08. The van der Waals surface area contributed by atoms with Gasteiger partial charge in [-0.2, -0.15) is 0 Å². The minimum atomic E-state index is 0.0186. The Morgan fingerprint density at radius 1 is 1.39 bits per heavy atom. The average molecular weight is 306 g/mol.